The van der Waals surface area contributed by atoms with Crippen molar-refractivity contribution < 1.29 is 4.79 Å². The van der Waals surface area contributed by atoms with Crippen LogP contribution in [0.15, 0.2) is 29.2 Å². The fraction of sp³-hybridized carbons (Fsp3) is 0.632. The third-order valence-corrected chi connectivity index (χ3v) is 6.18. The summed E-state index contributed by atoms with van der Waals surface area (Å²) in [6, 6.07) is 8.65. The molecule has 134 valence electrons. The maximum absolute atomic E-state index is 12.6. The highest BCUT2D eigenvalue weighted by Gasteiger charge is 2.39. The first-order valence-corrected chi connectivity index (χ1v) is 9.74. The Morgan fingerprint density at radius 2 is 1.75 bits per heavy atom. The van der Waals surface area contributed by atoms with Gasteiger partial charge >= 0.3 is 0 Å². The lowest BCUT2D eigenvalue weighted by Crippen LogP contribution is -2.53. The van der Waals surface area contributed by atoms with Crippen LogP contribution in [0.25, 0.3) is 0 Å². The zero-order valence-corrected chi connectivity index (χ0v) is 16.2. The summed E-state index contributed by atoms with van der Waals surface area (Å²) in [5.74, 6) is 1.21. The van der Waals surface area contributed by atoms with E-state index in [2.05, 4.69) is 31.3 Å². The number of fused-ring (bicyclic) bond motifs is 2. The van der Waals surface area contributed by atoms with Gasteiger partial charge < -0.3 is 11.1 Å². The molecule has 3 nitrogen and oxygen atoms in total. The number of hydrogen-bond donors (Lipinski definition) is 2. The number of nitrogens with two attached hydrogens (primary N) is 1. The minimum absolute atomic E-state index is 0. The molecule has 0 radical (unpaired) electrons. The summed E-state index contributed by atoms with van der Waals surface area (Å²) in [4.78, 5) is 13.8. The van der Waals surface area contributed by atoms with Gasteiger partial charge in [0.2, 0.25) is 0 Å². The number of carbonyl (C=O) groups is 1. The van der Waals surface area contributed by atoms with Crippen molar-refractivity contribution in [3.8, 4) is 0 Å². The van der Waals surface area contributed by atoms with Crippen molar-refractivity contribution in [2.45, 2.75) is 68.2 Å². The molecule has 1 aromatic rings. The van der Waals surface area contributed by atoms with Gasteiger partial charge in [-0.25, -0.2) is 0 Å². The van der Waals surface area contributed by atoms with Gasteiger partial charge in [-0.1, -0.05) is 20.3 Å². The fourth-order valence-corrected chi connectivity index (χ4v) is 5.05. The Morgan fingerprint density at radius 1 is 1.17 bits per heavy atom. The summed E-state index contributed by atoms with van der Waals surface area (Å²) in [7, 11) is 0. The number of thioether (sulfide) groups is 1. The van der Waals surface area contributed by atoms with Gasteiger partial charge in [-0.15, -0.1) is 24.2 Å². The van der Waals surface area contributed by atoms with Crippen LogP contribution in [0.3, 0.4) is 0 Å². The Bertz CT molecular complexity index is 535. The number of carbonyl (C=O) groups excluding carboxylic acids is 1. The molecule has 2 saturated carbocycles. The summed E-state index contributed by atoms with van der Waals surface area (Å²) in [6.07, 6.45) is 5.82. The molecular weight excluding hydrogens is 340 g/mol. The molecule has 1 amide bonds. The zero-order chi connectivity index (χ0) is 16.4. The van der Waals surface area contributed by atoms with Gasteiger partial charge in [0, 0.05) is 27.8 Å². The number of hydrogen-bond acceptors (Lipinski definition) is 3. The predicted molar refractivity (Wildman–Crippen MR) is 104 cm³/mol. The third kappa shape index (κ3) is 4.68. The standard InChI is InChI=1S/C19H28N2OS.ClH/c1-12(2)23-17-8-6-13(7-9-17)19(22)21-18-14-4-3-5-15(18)11-16(20)10-14;/h6-9,12,14-16,18H,3-5,10-11,20H2,1-2H3,(H,21,22);1H. The van der Waals surface area contributed by atoms with Crippen molar-refractivity contribution in [2.24, 2.45) is 17.6 Å². The van der Waals surface area contributed by atoms with Crippen LogP contribution in [0, 0.1) is 11.8 Å². The highest BCUT2D eigenvalue weighted by Crippen LogP contribution is 2.39. The van der Waals surface area contributed by atoms with E-state index in [0.717, 1.165) is 18.4 Å². The van der Waals surface area contributed by atoms with Crippen LogP contribution >= 0.6 is 24.2 Å². The monoisotopic (exact) mass is 368 g/mol. The SMILES string of the molecule is CC(C)Sc1ccc(C(=O)NC2C3CCCC2CC(N)C3)cc1.Cl. The van der Waals surface area contributed by atoms with Crippen molar-refractivity contribution in [2.75, 3.05) is 0 Å². The highest BCUT2D eigenvalue weighted by atomic mass is 35.5. The number of nitrogens with one attached hydrogen (secondary N) is 1. The molecule has 1 aromatic carbocycles. The molecule has 2 unspecified atom stereocenters. The van der Waals surface area contributed by atoms with Crippen molar-refractivity contribution in [1.82, 2.24) is 5.32 Å². The second-order valence-electron chi connectivity index (χ2n) is 7.37. The van der Waals surface area contributed by atoms with E-state index in [9.17, 15) is 4.79 Å². The second-order valence-corrected chi connectivity index (χ2v) is 9.02. The molecule has 5 heteroatoms. The van der Waals surface area contributed by atoms with Gasteiger partial charge in [0.05, 0.1) is 0 Å². The molecule has 2 aliphatic carbocycles. The molecule has 0 saturated heterocycles. The Kier molecular flexibility index (Phi) is 7.02. The Balaban J connectivity index is 0.00000208. The van der Waals surface area contributed by atoms with Crippen LogP contribution in [0.5, 0.6) is 0 Å². The molecule has 0 aliphatic heterocycles. The first-order valence-electron chi connectivity index (χ1n) is 8.86. The smallest absolute Gasteiger partial charge is 0.251 e. The predicted octanol–water partition coefficient (Wildman–Crippen LogP) is 4.24. The minimum Gasteiger partial charge on any atom is -0.349 e. The fourth-order valence-electron chi connectivity index (χ4n) is 4.22. The summed E-state index contributed by atoms with van der Waals surface area (Å²) in [6.45, 7) is 4.36. The Labute approximate surface area is 155 Å². The third-order valence-electron chi connectivity index (χ3n) is 5.16. The lowest BCUT2D eigenvalue weighted by atomic mass is 9.67. The molecule has 0 aromatic heterocycles. The Hall–Kier alpha value is -0.710. The van der Waals surface area contributed by atoms with Crippen molar-refractivity contribution >= 4 is 30.1 Å². The van der Waals surface area contributed by atoms with Crippen molar-refractivity contribution in [1.29, 1.82) is 0 Å². The van der Waals surface area contributed by atoms with Crippen molar-refractivity contribution in [3.63, 3.8) is 0 Å². The maximum atomic E-state index is 12.6. The van der Waals surface area contributed by atoms with Crippen molar-refractivity contribution in [3.05, 3.63) is 29.8 Å². The van der Waals surface area contributed by atoms with Crippen LogP contribution < -0.4 is 11.1 Å². The van der Waals surface area contributed by atoms with Crippen LogP contribution in [-0.2, 0) is 0 Å². The quantitative estimate of drug-likeness (QED) is 0.781. The van der Waals surface area contributed by atoms with Gasteiger partial charge in [-0.3, -0.25) is 4.79 Å². The first-order chi connectivity index (χ1) is 11.0. The second kappa shape index (κ2) is 8.59. The molecule has 24 heavy (non-hydrogen) atoms. The largest absolute Gasteiger partial charge is 0.349 e. The summed E-state index contributed by atoms with van der Waals surface area (Å²) >= 11 is 1.82. The number of rotatable bonds is 4. The van der Waals surface area contributed by atoms with Crippen LogP contribution in [0.4, 0.5) is 0 Å². The van der Waals surface area contributed by atoms with E-state index >= 15 is 0 Å². The van der Waals surface area contributed by atoms with Gasteiger partial charge in [0.15, 0.2) is 0 Å². The van der Waals surface area contributed by atoms with E-state index in [4.69, 9.17) is 5.73 Å². The van der Waals surface area contributed by atoms with Crippen LogP contribution in [0.1, 0.15) is 56.3 Å². The van der Waals surface area contributed by atoms with Gasteiger partial charge in [-0.2, -0.15) is 0 Å². The lowest BCUT2D eigenvalue weighted by Gasteiger charge is -2.45. The molecule has 2 fully saturated rings. The van der Waals surface area contributed by atoms with Crippen LogP contribution in [-0.4, -0.2) is 23.2 Å². The summed E-state index contributed by atoms with van der Waals surface area (Å²) < 4.78 is 0. The molecule has 2 aliphatic rings. The molecule has 2 bridgehead atoms. The number of benzene rings is 1. The van der Waals surface area contributed by atoms with E-state index in [1.807, 2.05) is 23.9 Å². The maximum Gasteiger partial charge on any atom is 0.251 e. The zero-order valence-electron chi connectivity index (χ0n) is 14.5. The first kappa shape index (κ1) is 19.6. The number of halogens is 1. The molecule has 0 heterocycles. The molecule has 3 N–H and O–H groups in total. The summed E-state index contributed by atoms with van der Waals surface area (Å²) in [5.41, 5.74) is 6.94. The Morgan fingerprint density at radius 3 is 2.29 bits per heavy atom. The average Bonchev–Trinajstić information content (AvgIpc) is 2.48. The van der Waals surface area contributed by atoms with E-state index in [0.29, 0.717) is 29.2 Å². The molecule has 3 rings (SSSR count). The minimum atomic E-state index is 0. The van der Waals surface area contributed by atoms with Gasteiger partial charge in [0.25, 0.3) is 5.91 Å². The van der Waals surface area contributed by atoms with Gasteiger partial charge in [0.1, 0.15) is 0 Å². The van der Waals surface area contributed by atoms with E-state index in [1.165, 1.54) is 24.2 Å². The topological polar surface area (TPSA) is 55.1 Å². The summed E-state index contributed by atoms with van der Waals surface area (Å²) in [5, 5.41) is 3.87. The molecule has 0 spiro atoms. The van der Waals surface area contributed by atoms with Crippen LogP contribution in [0.2, 0.25) is 0 Å². The van der Waals surface area contributed by atoms with E-state index in [-0.39, 0.29) is 18.3 Å². The van der Waals surface area contributed by atoms with E-state index in [1.54, 1.807) is 0 Å². The number of amides is 1. The molecule has 2 atom stereocenters. The normalized spacial score (nSPS) is 29.0. The average molecular weight is 369 g/mol. The van der Waals surface area contributed by atoms with E-state index < -0.39 is 0 Å². The van der Waals surface area contributed by atoms with Gasteiger partial charge in [-0.05, 0) is 61.8 Å². The molecular formula is C19H29ClN2OS. The lowest BCUT2D eigenvalue weighted by molar-refractivity contribution is 0.0756. The highest BCUT2D eigenvalue weighted by molar-refractivity contribution is 7.99.